The van der Waals surface area contributed by atoms with E-state index in [0.29, 0.717) is 9.09 Å². The molecule has 0 aromatic carbocycles. The predicted octanol–water partition coefficient (Wildman–Crippen LogP) is 3.14. The van der Waals surface area contributed by atoms with Gasteiger partial charge in [-0.3, -0.25) is 10.1 Å². The van der Waals surface area contributed by atoms with Crippen LogP contribution in [0.25, 0.3) is 0 Å². The monoisotopic (exact) mass is 304 g/mol. The van der Waals surface area contributed by atoms with Gasteiger partial charge in [-0.25, -0.2) is 0 Å². The maximum absolute atomic E-state index is 11.0. The summed E-state index contributed by atoms with van der Waals surface area (Å²) in [7, 11) is 0. The molecule has 0 saturated heterocycles. The first-order valence-electron chi connectivity index (χ1n) is 6.30. The van der Waals surface area contributed by atoms with E-state index in [1.807, 2.05) is 0 Å². The highest BCUT2D eigenvalue weighted by Gasteiger charge is 2.21. The molecule has 5 nitrogen and oxygen atoms in total. The maximum atomic E-state index is 11.0. The summed E-state index contributed by atoms with van der Waals surface area (Å²) >= 11 is 2.81. The Bertz CT molecular complexity index is 417. The molecule has 0 aliphatic heterocycles. The van der Waals surface area contributed by atoms with E-state index in [0.717, 1.165) is 25.4 Å². The molecule has 1 N–H and O–H groups in total. The summed E-state index contributed by atoms with van der Waals surface area (Å²) in [6.07, 6.45) is -0.652. The van der Waals surface area contributed by atoms with Gasteiger partial charge >= 0.3 is 0 Å². The molecule has 108 valence electrons. The van der Waals surface area contributed by atoms with Crippen molar-refractivity contribution in [2.24, 2.45) is 0 Å². The number of thiophene rings is 1. The van der Waals surface area contributed by atoms with Crippen molar-refractivity contribution < 1.29 is 10.0 Å². The second-order valence-corrected chi connectivity index (χ2v) is 6.58. The number of rotatable bonds is 8. The summed E-state index contributed by atoms with van der Waals surface area (Å²) in [5.41, 5.74) is 0.116. The van der Waals surface area contributed by atoms with E-state index in [-0.39, 0.29) is 10.6 Å². The van der Waals surface area contributed by atoms with Crippen LogP contribution in [0, 0.1) is 10.1 Å². The molecule has 0 amide bonds. The number of aliphatic hydroxyl groups is 1. The minimum Gasteiger partial charge on any atom is -0.388 e. The Hall–Kier alpha value is -0.630. The van der Waals surface area contributed by atoms with Crippen molar-refractivity contribution in [3.8, 4) is 0 Å². The van der Waals surface area contributed by atoms with Gasteiger partial charge in [0.2, 0.25) is 0 Å². The number of nitro groups is 1. The maximum Gasteiger partial charge on any atom is 0.294 e. The summed E-state index contributed by atoms with van der Waals surface area (Å²) in [6, 6.07) is 1.48. The lowest BCUT2D eigenvalue weighted by molar-refractivity contribution is -0.387. The van der Waals surface area contributed by atoms with Crippen LogP contribution in [0.2, 0.25) is 0 Å². The van der Waals surface area contributed by atoms with E-state index in [4.69, 9.17) is 0 Å². The van der Waals surface area contributed by atoms with Gasteiger partial charge < -0.3 is 10.0 Å². The van der Waals surface area contributed by atoms with E-state index in [1.54, 1.807) is 6.92 Å². The standard InChI is InChI=1S/C12H20N2O3S2/c1-4-13(5-2)6-7-18-12-10(14(16)17)8-11(19-12)9(3)15/h8-9,15H,4-7H2,1-3H3/t9-/m1/s1. The van der Waals surface area contributed by atoms with E-state index in [9.17, 15) is 15.2 Å². The fourth-order valence-electron chi connectivity index (χ4n) is 1.63. The molecule has 0 bridgehead atoms. The second-order valence-electron chi connectivity index (χ2n) is 4.13. The molecule has 0 saturated carbocycles. The summed E-state index contributed by atoms with van der Waals surface area (Å²) in [5.74, 6) is 0.822. The van der Waals surface area contributed by atoms with Crippen molar-refractivity contribution in [3.63, 3.8) is 0 Å². The quantitative estimate of drug-likeness (QED) is 0.454. The smallest absolute Gasteiger partial charge is 0.294 e. The molecule has 0 unspecified atom stereocenters. The number of hydrogen-bond acceptors (Lipinski definition) is 6. The van der Waals surface area contributed by atoms with Crippen LogP contribution in [0.15, 0.2) is 10.3 Å². The summed E-state index contributed by atoms with van der Waals surface area (Å²) in [4.78, 5) is 13.5. The van der Waals surface area contributed by atoms with Crippen LogP contribution < -0.4 is 0 Å². The largest absolute Gasteiger partial charge is 0.388 e. The van der Waals surface area contributed by atoms with Crippen molar-refractivity contribution >= 4 is 28.8 Å². The zero-order valence-corrected chi connectivity index (χ0v) is 13.1. The Labute approximate surface area is 121 Å². The lowest BCUT2D eigenvalue weighted by atomic mass is 10.3. The fraction of sp³-hybridized carbons (Fsp3) is 0.667. The van der Waals surface area contributed by atoms with Crippen LogP contribution in [-0.4, -0.2) is 40.3 Å². The van der Waals surface area contributed by atoms with Gasteiger partial charge in [-0.15, -0.1) is 23.1 Å². The number of hydrogen-bond donors (Lipinski definition) is 1. The average molecular weight is 304 g/mol. The van der Waals surface area contributed by atoms with Crippen LogP contribution in [0.1, 0.15) is 31.8 Å². The van der Waals surface area contributed by atoms with Crippen LogP contribution in [-0.2, 0) is 0 Å². The van der Waals surface area contributed by atoms with Crippen LogP contribution in [0.5, 0.6) is 0 Å². The van der Waals surface area contributed by atoms with Gasteiger partial charge in [0, 0.05) is 23.2 Å². The van der Waals surface area contributed by atoms with Gasteiger partial charge in [-0.1, -0.05) is 13.8 Å². The highest BCUT2D eigenvalue weighted by atomic mass is 32.2. The van der Waals surface area contributed by atoms with Gasteiger partial charge in [-0.2, -0.15) is 0 Å². The molecular formula is C12H20N2O3S2. The molecule has 1 atom stereocenters. The SMILES string of the molecule is CCN(CC)CCSc1sc([C@@H](C)O)cc1[N+](=O)[O-]. The molecule has 0 aliphatic rings. The van der Waals surface area contributed by atoms with Gasteiger partial charge in [0.25, 0.3) is 5.69 Å². The third kappa shape index (κ3) is 4.76. The van der Waals surface area contributed by atoms with E-state index in [2.05, 4.69) is 18.7 Å². The molecule has 1 heterocycles. The first kappa shape index (κ1) is 16.4. The molecule has 19 heavy (non-hydrogen) atoms. The fourth-order valence-corrected chi connectivity index (χ4v) is 4.01. The third-order valence-electron chi connectivity index (χ3n) is 2.84. The normalized spacial score (nSPS) is 12.9. The van der Waals surface area contributed by atoms with Crippen LogP contribution in [0.3, 0.4) is 0 Å². The molecule has 7 heteroatoms. The number of aliphatic hydroxyl groups excluding tert-OH is 1. The van der Waals surface area contributed by atoms with Gasteiger partial charge in [0.05, 0.1) is 11.0 Å². The number of thioether (sulfide) groups is 1. The Balaban J connectivity index is 2.68. The Kier molecular flexibility index (Phi) is 6.78. The first-order chi connectivity index (χ1) is 8.99. The van der Waals surface area contributed by atoms with Crippen molar-refractivity contribution in [2.75, 3.05) is 25.4 Å². The Morgan fingerprint density at radius 1 is 1.53 bits per heavy atom. The molecule has 1 rings (SSSR count). The molecular weight excluding hydrogens is 284 g/mol. The predicted molar refractivity (Wildman–Crippen MR) is 80.1 cm³/mol. The van der Waals surface area contributed by atoms with Crippen LogP contribution in [0.4, 0.5) is 5.69 Å². The molecule has 1 aromatic rings. The summed E-state index contributed by atoms with van der Waals surface area (Å²) < 4.78 is 0.688. The summed E-state index contributed by atoms with van der Waals surface area (Å²) in [6.45, 7) is 8.72. The van der Waals surface area contributed by atoms with Gasteiger partial charge in [0.1, 0.15) is 4.21 Å². The molecule has 1 aromatic heterocycles. The van der Waals surface area contributed by atoms with E-state index in [1.165, 1.54) is 29.2 Å². The summed E-state index contributed by atoms with van der Waals surface area (Å²) in [5, 5.41) is 20.5. The lowest BCUT2D eigenvalue weighted by Gasteiger charge is -2.16. The molecule has 0 spiro atoms. The first-order valence-corrected chi connectivity index (χ1v) is 8.11. The van der Waals surface area contributed by atoms with Crippen LogP contribution >= 0.6 is 23.1 Å². The average Bonchev–Trinajstić information content (AvgIpc) is 2.79. The number of nitrogens with zero attached hydrogens (tertiary/aromatic N) is 2. The molecule has 0 aliphatic carbocycles. The topological polar surface area (TPSA) is 66.6 Å². The second kappa shape index (κ2) is 7.84. The van der Waals surface area contributed by atoms with E-state index >= 15 is 0 Å². The molecule has 0 radical (unpaired) electrons. The lowest BCUT2D eigenvalue weighted by Crippen LogP contribution is -2.25. The van der Waals surface area contributed by atoms with Crippen molar-refractivity contribution in [3.05, 3.63) is 21.1 Å². The molecule has 0 fully saturated rings. The van der Waals surface area contributed by atoms with Gasteiger partial charge in [0.15, 0.2) is 0 Å². The minimum absolute atomic E-state index is 0.116. The zero-order valence-electron chi connectivity index (χ0n) is 11.5. The Morgan fingerprint density at radius 3 is 2.63 bits per heavy atom. The van der Waals surface area contributed by atoms with Crippen molar-refractivity contribution in [1.29, 1.82) is 0 Å². The highest BCUT2D eigenvalue weighted by Crippen LogP contribution is 2.39. The van der Waals surface area contributed by atoms with Crippen molar-refractivity contribution in [2.45, 2.75) is 31.1 Å². The Morgan fingerprint density at radius 2 is 2.16 bits per heavy atom. The highest BCUT2D eigenvalue weighted by molar-refractivity contribution is 8.01. The zero-order chi connectivity index (χ0) is 14.4. The van der Waals surface area contributed by atoms with E-state index < -0.39 is 6.10 Å². The van der Waals surface area contributed by atoms with Gasteiger partial charge in [-0.05, 0) is 20.0 Å². The minimum atomic E-state index is -0.652. The van der Waals surface area contributed by atoms with Crippen molar-refractivity contribution in [1.82, 2.24) is 4.90 Å². The third-order valence-corrected chi connectivity index (χ3v) is 5.39.